The Morgan fingerprint density at radius 3 is 2.38 bits per heavy atom. The van der Waals surface area contributed by atoms with Gasteiger partial charge in [0.2, 0.25) is 21.8 Å². The molecule has 1 aliphatic heterocycles. The Morgan fingerprint density at radius 2 is 1.79 bits per heavy atom. The van der Waals surface area contributed by atoms with Gasteiger partial charge in [-0.1, -0.05) is 13.3 Å². The summed E-state index contributed by atoms with van der Waals surface area (Å²) in [6, 6.07) is 6.40. The molecule has 9 heteroatoms. The Kier molecular flexibility index (Phi) is 8.45. The lowest BCUT2D eigenvalue weighted by atomic mass is 9.82. The third-order valence-electron chi connectivity index (χ3n) is 5.34. The minimum Gasteiger partial charge on any atom is -0.497 e. The van der Waals surface area contributed by atoms with Crippen LogP contribution in [-0.4, -0.2) is 57.8 Å². The Balaban J connectivity index is 1.94. The molecule has 29 heavy (non-hydrogen) atoms. The summed E-state index contributed by atoms with van der Waals surface area (Å²) >= 11 is 0. The standard InChI is InChI=1S/C20H31N3O5S/c1-4-16-14-23(29(26,27)19-7-5-18(28-3)6-8-19)12-9-17(16)13-20(25)22-11-10-21-15(2)24/h5-8,16-17H,4,9-14H2,1-3H3,(H,21,24)(H,22,25)/t16-,17-/m0/s1. The maximum Gasteiger partial charge on any atom is 0.243 e. The van der Waals surface area contributed by atoms with Crippen LogP contribution in [0.3, 0.4) is 0 Å². The van der Waals surface area contributed by atoms with E-state index in [1.807, 2.05) is 6.92 Å². The van der Waals surface area contributed by atoms with Crippen molar-refractivity contribution in [2.24, 2.45) is 11.8 Å². The molecule has 0 radical (unpaired) electrons. The van der Waals surface area contributed by atoms with Crippen LogP contribution in [0.2, 0.25) is 0 Å². The third-order valence-corrected chi connectivity index (χ3v) is 7.22. The topological polar surface area (TPSA) is 105 Å². The fourth-order valence-electron chi connectivity index (χ4n) is 3.64. The first kappa shape index (κ1) is 23.2. The van der Waals surface area contributed by atoms with Crippen LogP contribution in [0.1, 0.15) is 33.1 Å². The highest BCUT2D eigenvalue weighted by Crippen LogP contribution is 2.32. The molecule has 2 atom stereocenters. The second kappa shape index (κ2) is 10.6. The normalized spacial score (nSPS) is 20.1. The number of nitrogens with zero attached hydrogens (tertiary/aromatic N) is 1. The van der Waals surface area contributed by atoms with Gasteiger partial charge >= 0.3 is 0 Å². The number of piperidine rings is 1. The second-order valence-corrected chi connectivity index (χ2v) is 9.23. The minimum atomic E-state index is -3.57. The molecule has 0 aliphatic carbocycles. The molecular weight excluding hydrogens is 394 g/mol. The molecule has 0 bridgehead atoms. The summed E-state index contributed by atoms with van der Waals surface area (Å²) in [6.07, 6.45) is 1.82. The van der Waals surface area contributed by atoms with Gasteiger partial charge in [0.1, 0.15) is 5.75 Å². The van der Waals surface area contributed by atoms with E-state index >= 15 is 0 Å². The predicted octanol–water partition coefficient (Wildman–Crippen LogP) is 1.37. The lowest BCUT2D eigenvalue weighted by Gasteiger charge is -2.37. The Bertz CT molecular complexity index is 795. The summed E-state index contributed by atoms with van der Waals surface area (Å²) < 4.78 is 32.6. The number of benzene rings is 1. The highest BCUT2D eigenvalue weighted by Gasteiger charge is 2.35. The molecule has 1 saturated heterocycles. The first-order valence-corrected chi connectivity index (χ1v) is 11.4. The van der Waals surface area contributed by atoms with Gasteiger partial charge in [0, 0.05) is 39.5 Å². The van der Waals surface area contributed by atoms with Crippen molar-refractivity contribution in [2.45, 2.75) is 38.0 Å². The largest absolute Gasteiger partial charge is 0.497 e. The zero-order valence-electron chi connectivity index (χ0n) is 17.3. The SMILES string of the molecule is CC[C@H]1CN(S(=O)(=O)c2ccc(OC)cc2)CC[C@H]1CC(=O)NCCNC(C)=O. The molecule has 0 spiro atoms. The van der Waals surface area contributed by atoms with Crippen molar-refractivity contribution in [3.05, 3.63) is 24.3 Å². The smallest absolute Gasteiger partial charge is 0.243 e. The van der Waals surface area contributed by atoms with Gasteiger partial charge in [0.25, 0.3) is 0 Å². The summed E-state index contributed by atoms with van der Waals surface area (Å²) in [4.78, 5) is 23.3. The summed E-state index contributed by atoms with van der Waals surface area (Å²) in [5, 5.41) is 5.45. The third kappa shape index (κ3) is 6.43. The van der Waals surface area contributed by atoms with E-state index < -0.39 is 10.0 Å². The van der Waals surface area contributed by atoms with E-state index in [9.17, 15) is 18.0 Å². The van der Waals surface area contributed by atoms with E-state index in [4.69, 9.17) is 4.74 Å². The summed E-state index contributed by atoms with van der Waals surface area (Å²) in [5.41, 5.74) is 0. The monoisotopic (exact) mass is 425 g/mol. The van der Waals surface area contributed by atoms with Crippen LogP contribution in [0.15, 0.2) is 29.2 Å². The Hall–Kier alpha value is -2.13. The van der Waals surface area contributed by atoms with E-state index in [1.165, 1.54) is 18.3 Å². The number of rotatable bonds is 9. The van der Waals surface area contributed by atoms with Crippen molar-refractivity contribution in [2.75, 3.05) is 33.3 Å². The van der Waals surface area contributed by atoms with Crippen molar-refractivity contribution in [1.82, 2.24) is 14.9 Å². The minimum absolute atomic E-state index is 0.0646. The molecule has 2 N–H and O–H groups in total. The molecule has 1 aromatic carbocycles. The van der Waals surface area contributed by atoms with Crippen molar-refractivity contribution in [1.29, 1.82) is 0 Å². The lowest BCUT2D eigenvalue weighted by molar-refractivity contribution is -0.123. The van der Waals surface area contributed by atoms with E-state index in [0.29, 0.717) is 44.8 Å². The second-order valence-electron chi connectivity index (χ2n) is 7.29. The number of nitrogens with one attached hydrogen (secondary N) is 2. The predicted molar refractivity (Wildman–Crippen MR) is 110 cm³/mol. The number of carbonyl (C=O) groups is 2. The zero-order valence-corrected chi connectivity index (χ0v) is 18.1. The molecule has 162 valence electrons. The maximum atomic E-state index is 13.0. The van der Waals surface area contributed by atoms with Crippen molar-refractivity contribution in [3.8, 4) is 5.75 Å². The summed E-state index contributed by atoms with van der Waals surface area (Å²) in [7, 11) is -2.03. The fourth-order valence-corrected chi connectivity index (χ4v) is 5.16. The van der Waals surface area contributed by atoms with Crippen LogP contribution >= 0.6 is 0 Å². The van der Waals surface area contributed by atoms with Gasteiger partial charge in [-0.2, -0.15) is 4.31 Å². The van der Waals surface area contributed by atoms with Gasteiger partial charge in [-0.3, -0.25) is 9.59 Å². The van der Waals surface area contributed by atoms with Gasteiger partial charge in [-0.25, -0.2) is 8.42 Å². The van der Waals surface area contributed by atoms with Crippen molar-refractivity contribution >= 4 is 21.8 Å². The Labute approximate surface area is 173 Å². The number of ether oxygens (including phenoxy) is 1. The van der Waals surface area contributed by atoms with Crippen LogP contribution in [0.5, 0.6) is 5.75 Å². The number of amides is 2. The van der Waals surface area contributed by atoms with E-state index in [2.05, 4.69) is 10.6 Å². The number of methoxy groups -OCH3 is 1. The quantitative estimate of drug-likeness (QED) is 0.582. The highest BCUT2D eigenvalue weighted by molar-refractivity contribution is 7.89. The van der Waals surface area contributed by atoms with Gasteiger partial charge in [-0.15, -0.1) is 0 Å². The van der Waals surface area contributed by atoms with Crippen LogP contribution in [-0.2, 0) is 19.6 Å². The first-order chi connectivity index (χ1) is 13.8. The number of hydrogen-bond acceptors (Lipinski definition) is 5. The number of sulfonamides is 1. The van der Waals surface area contributed by atoms with E-state index in [0.717, 1.165) is 6.42 Å². The van der Waals surface area contributed by atoms with Crippen LogP contribution in [0.4, 0.5) is 0 Å². The van der Waals surface area contributed by atoms with Crippen LogP contribution in [0, 0.1) is 11.8 Å². The molecule has 0 saturated carbocycles. The molecule has 1 aliphatic rings. The summed E-state index contributed by atoms with van der Waals surface area (Å²) in [5.74, 6) is 0.681. The van der Waals surface area contributed by atoms with Crippen molar-refractivity contribution < 1.29 is 22.7 Å². The van der Waals surface area contributed by atoms with Crippen LogP contribution < -0.4 is 15.4 Å². The molecular formula is C20H31N3O5S. The molecule has 0 unspecified atom stereocenters. The van der Waals surface area contributed by atoms with Crippen molar-refractivity contribution in [3.63, 3.8) is 0 Å². The average Bonchev–Trinajstić information content (AvgIpc) is 2.71. The van der Waals surface area contributed by atoms with Crippen LogP contribution in [0.25, 0.3) is 0 Å². The molecule has 0 aromatic heterocycles. The Morgan fingerprint density at radius 1 is 1.14 bits per heavy atom. The lowest BCUT2D eigenvalue weighted by Crippen LogP contribution is -2.45. The van der Waals surface area contributed by atoms with E-state index in [1.54, 1.807) is 24.3 Å². The van der Waals surface area contributed by atoms with Gasteiger partial charge in [-0.05, 0) is 42.5 Å². The number of hydrogen-bond donors (Lipinski definition) is 2. The zero-order chi connectivity index (χ0) is 21.4. The average molecular weight is 426 g/mol. The molecule has 2 rings (SSSR count). The van der Waals surface area contributed by atoms with E-state index in [-0.39, 0.29) is 28.5 Å². The molecule has 1 fully saturated rings. The van der Waals surface area contributed by atoms with Gasteiger partial charge in [0.15, 0.2) is 0 Å². The summed E-state index contributed by atoms with van der Waals surface area (Å²) in [6.45, 7) is 5.05. The van der Waals surface area contributed by atoms with Gasteiger partial charge in [0.05, 0.1) is 12.0 Å². The van der Waals surface area contributed by atoms with Gasteiger partial charge < -0.3 is 15.4 Å². The fraction of sp³-hybridized carbons (Fsp3) is 0.600. The maximum absolute atomic E-state index is 13.0. The number of carbonyl (C=O) groups excluding carboxylic acids is 2. The molecule has 1 aromatic rings. The first-order valence-electron chi connectivity index (χ1n) is 9.93. The highest BCUT2D eigenvalue weighted by atomic mass is 32.2. The molecule has 1 heterocycles. The molecule has 2 amide bonds. The molecule has 8 nitrogen and oxygen atoms in total.